The Kier molecular flexibility index (Phi) is 8.06. The van der Waals surface area contributed by atoms with Gasteiger partial charge in [-0.25, -0.2) is 24.9 Å². The largest absolute Gasteiger partial charge is 0.464 e. The maximum atomic E-state index is 13.1. The van der Waals surface area contributed by atoms with Gasteiger partial charge in [0.05, 0.1) is 40.0 Å². The molecule has 0 saturated carbocycles. The molecule has 0 fully saturated rings. The zero-order valence-corrected chi connectivity index (χ0v) is 20.9. The standard InChI is InChI=1S/C22H19BrClN7O4/c1-3-30(29-22(34)35)21(33)15-8-13(11-25)7-12(2)19(15)27-18(32)10-14-9-17(23)28-31(14)20-16(24)5-4-6-26-20/h4-9,29H,3,10H2,1-2H3,(H,27,32)(H,34,35). The molecule has 3 aromatic rings. The van der Waals surface area contributed by atoms with Crippen molar-refractivity contribution in [2.45, 2.75) is 20.3 Å². The Labute approximate surface area is 213 Å². The maximum Gasteiger partial charge on any atom is 0.423 e. The Morgan fingerprint density at radius 2 is 2.06 bits per heavy atom. The van der Waals surface area contributed by atoms with E-state index in [4.69, 9.17) is 16.7 Å². The summed E-state index contributed by atoms with van der Waals surface area (Å²) in [5.74, 6) is -0.869. The van der Waals surface area contributed by atoms with E-state index in [0.29, 0.717) is 26.7 Å². The van der Waals surface area contributed by atoms with Crippen LogP contribution in [0.25, 0.3) is 5.82 Å². The van der Waals surface area contributed by atoms with Gasteiger partial charge in [-0.2, -0.15) is 10.4 Å². The summed E-state index contributed by atoms with van der Waals surface area (Å²) < 4.78 is 1.89. The minimum atomic E-state index is -1.43. The molecule has 0 aliphatic heterocycles. The maximum absolute atomic E-state index is 13.1. The lowest BCUT2D eigenvalue weighted by atomic mass is 10.0. The van der Waals surface area contributed by atoms with Gasteiger partial charge in [0.25, 0.3) is 5.91 Å². The summed E-state index contributed by atoms with van der Waals surface area (Å²) in [4.78, 5) is 41.4. The van der Waals surface area contributed by atoms with Gasteiger partial charge in [-0.05, 0) is 65.7 Å². The summed E-state index contributed by atoms with van der Waals surface area (Å²) in [7, 11) is 0. The molecule has 0 saturated heterocycles. The van der Waals surface area contributed by atoms with E-state index in [9.17, 15) is 19.6 Å². The number of aryl methyl sites for hydroxylation is 1. The number of halogens is 2. The number of hydrogen-bond donors (Lipinski definition) is 3. The summed E-state index contributed by atoms with van der Waals surface area (Å²) >= 11 is 9.53. The van der Waals surface area contributed by atoms with E-state index in [0.717, 1.165) is 5.01 Å². The normalized spacial score (nSPS) is 10.4. The van der Waals surface area contributed by atoms with E-state index in [1.807, 2.05) is 11.5 Å². The van der Waals surface area contributed by atoms with E-state index in [-0.39, 0.29) is 29.8 Å². The van der Waals surface area contributed by atoms with Gasteiger partial charge in [0.1, 0.15) is 4.60 Å². The van der Waals surface area contributed by atoms with Crippen LogP contribution in [0.3, 0.4) is 0 Å². The number of benzene rings is 1. The monoisotopic (exact) mass is 559 g/mol. The van der Waals surface area contributed by atoms with Crippen molar-refractivity contribution < 1.29 is 19.5 Å². The van der Waals surface area contributed by atoms with Crippen molar-refractivity contribution in [3.63, 3.8) is 0 Å². The number of hydrogen-bond acceptors (Lipinski definition) is 6. The summed E-state index contributed by atoms with van der Waals surface area (Å²) in [5.41, 5.74) is 3.24. The second-order valence-electron chi connectivity index (χ2n) is 7.20. The molecule has 180 valence electrons. The SMILES string of the molecule is CCN(NC(=O)O)C(=O)c1cc(C#N)cc(C)c1NC(=O)Cc1cc(Br)nn1-c1ncccc1Cl. The van der Waals surface area contributed by atoms with Crippen molar-refractivity contribution in [3.8, 4) is 11.9 Å². The van der Waals surface area contributed by atoms with Crippen LogP contribution in [-0.2, 0) is 11.2 Å². The molecule has 1 aromatic carbocycles. The van der Waals surface area contributed by atoms with Crippen molar-refractivity contribution in [1.82, 2.24) is 25.2 Å². The number of carbonyl (C=O) groups is 3. The zero-order valence-electron chi connectivity index (χ0n) is 18.5. The third-order valence-electron chi connectivity index (χ3n) is 4.79. The Balaban J connectivity index is 1.95. The van der Waals surface area contributed by atoms with Crippen molar-refractivity contribution in [2.75, 3.05) is 11.9 Å². The first-order valence-electron chi connectivity index (χ1n) is 10.2. The Bertz CT molecular complexity index is 1350. The van der Waals surface area contributed by atoms with E-state index in [1.54, 1.807) is 38.2 Å². The number of amides is 3. The number of nitrogens with zero attached hydrogens (tertiary/aromatic N) is 5. The fourth-order valence-corrected chi connectivity index (χ4v) is 3.92. The van der Waals surface area contributed by atoms with E-state index in [1.165, 1.54) is 16.8 Å². The molecule has 3 amide bonds. The number of rotatable bonds is 6. The number of hydrazine groups is 1. The molecule has 0 radical (unpaired) electrons. The molecule has 35 heavy (non-hydrogen) atoms. The van der Waals surface area contributed by atoms with Crippen LogP contribution in [0.5, 0.6) is 0 Å². The van der Waals surface area contributed by atoms with Crippen molar-refractivity contribution in [2.24, 2.45) is 0 Å². The van der Waals surface area contributed by atoms with E-state index < -0.39 is 17.9 Å². The molecule has 11 nitrogen and oxygen atoms in total. The predicted molar refractivity (Wildman–Crippen MR) is 130 cm³/mol. The third kappa shape index (κ3) is 5.95. The molecule has 0 spiro atoms. The van der Waals surface area contributed by atoms with Crippen LogP contribution in [0.4, 0.5) is 10.5 Å². The molecule has 0 aliphatic carbocycles. The van der Waals surface area contributed by atoms with Crippen LogP contribution >= 0.6 is 27.5 Å². The molecule has 2 aromatic heterocycles. The van der Waals surface area contributed by atoms with Crippen molar-refractivity contribution >= 4 is 51.1 Å². The summed E-state index contributed by atoms with van der Waals surface area (Å²) in [6.07, 6.45) is -0.0295. The number of nitrogens with one attached hydrogen (secondary N) is 2. The van der Waals surface area contributed by atoms with Crippen LogP contribution in [-0.4, -0.2) is 49.3 Å². The van der Waals surface area contributed by atoms with Crippen LogP contribution in [0.15, 0.2) is 41.1 Å². The van der Waals surface area contributed by atoms with Crippen LogP contribution in [0.1, 0.15) is 34.1 Å². The Morgan fingerprint density at radius 3 is 2.69 bits per heavy atom. The lowest BCUT2D eigenvalue weighted by molar-refractivity contribution is -0.115. The molecule has 3 rings (SSSR count). The van der Waals surface area contributed by atoms with Gasteiger partial charge >= 0.3 is 6.09 Å². The van der Waals surface area contributed by atoms with Gasteiger partial charge in [-0.3, -0.25) is 9.59 Å². The van der Waals surface area contributed by atoms with Gasteiger partial charge in [0, 0.05) is 12.7 Å². The van der Waals surface area contributed by atoms with Gasteiger partial charge in [0.2, 0.25) is 5.91 Å². The minimum Gasteiger partial charge on any atom is -0.464 e. The average Bonchev–Trinajstić information content (AvgIpc) is 3.17. The first kappa shape index (κ1) is 25.7. The Hall–Kier alpha value is -3.95. The smallest absolute Gasteiger partial charge is 0.423 e. The highest BCUT2D eigenvalue weighted by Gasteiger charge is 2.24. The van der Waals surface area contributed by atoms with Gasteiger partial charge in [-0.15, -0.1) is 0 Å². The number of anilines is 1. The summed E-state index contributed by atoms with van der Waals surface area (Å²) in [5, 5.41) is 26.6. The van der Waals surface area contributed by atoms with Crippen molar-refractivity contribution in [1.29, 1.82) is 5.26 Å². The molecule has 0 bridgehead atoms. The van der Waals surface area contributed by atoms with Crippen molar-refractivity contribution in [3.05, 3.63) is 68.5 Å². The molecule has 13 heteroatoms. The van der Waals surface area contributed by atoms with Gasteiger partial charge in [-0.1, -0.05) is 11.6 Å². The lowest BCUT2D eigenvalue weighted by Gasteiger charge is -2.22. The van der Waals surface area contributed by atoms with Crippen LogP contribution in [0.2, 0.25) is 5.02 Å². The highest BCUT2D eigenvalue weighted by Crippen LogP contribution is 2.26. The predicted octanol–water partition coefficient (Wildman–Crippen LogP) is 3.69. The highest BCUT2D eigenvalue weighted by atomic mass is 79.9. The molecule has 0 aliphatic rings. The first-order valence-corrected chi connectivity index (χ1v) is 11.3. The second kappa shape index (κ2) is 11.0. The summed E-state index contributed by atoms with van der Waals surface area (Å²) in [6.45, 7) is 3.23. The second-order valence-corrected chi connectivity index (χ2v) is 8.42. The topological polar surface area (TPSA) is 153 Å². The highest BCUT2D eigenvalue weighted by molar-refractivity contribution is 9.10. The number of carboxylic acid groups (broad SMARTS) is 1. The number of aromatic nitrogens is 3. The average molecular weight is 561 g/mol. The molecule has 3 N–H and O–H groups in total. The molecular weight excluding hydrogens is 542 g/mol. The van der Waals surface area contributed by atoms with Gasteiger partial charge < -0.3 is 10.4 Å². The molecular formula is C22H19BrClN7O4. The fourth-order valence-electron chi connectivity index (χ4n) is 3.30. The third-order valence-corrected chi connectivity index (χ3v) is 5.47. The van der Waals surface area contributed by atoms with Gasteiger partial charge in [0.15, 0.2) is 5.82 Å². The number of nitriles is 1. The minimum absolute atomic E-state index is 0.0202. The van der Waals surface area contributed by atoms with E-state index >= 15 is 0 Å². The quantitative estimate of drug-likeness (QED) is 0.389. The fraction of sp³-hybridized carbons (Fsp3) is 0.182. The first-order chi connectivity index (χ1) is 16.6. The van der Waals surface area contributed by atoms with Crippen LogP contribution in [0, 0.1) is 18.3 Å². The number of carbonyl (C=O) groups excluding carboxylic acids is 2. The van der Waals surface area contributed by atoms with E-state index in [2.05, 4.69) is 31.3 Å². The molecule has 0 atom stereocenters. The number of pyridine rings is 1. The molecule has 0 unspecified atom stereocenters. The summed E-state index contributed by atoms with van der Waals surface area (Å²) in [6, 6.07) is 9.72. The Morgan fingerprint density at radius 1 is 1.31 bits per heavy atom. The lowest BCUT2D eigenvalue weighted by Crippen LogP contribution is -2.45. The van der Waals surface area contributed by atoms with Crippen LogP contribution < -0.4 is 10.7 Å². The zero-order chi connectivity index (χ0) is 25.7. The molecule has 2 heterocycles.